The van der Waals surface area contributed by atoms with Crippen molar-refractivity contribution in [1.29, 1.82) is 0 Å². The third-order valence-corrected chi connectivity index (χ3v) is 3.27. The van der Waals surface area contributed by atoms with Crippen molar-refractivity contribution in [2.45, 2.75) is 6.54 Å². The van der Waals surface area contributed by atoms with E-state index in [2.05, 4.69) is 5.32 Å². The number of anilines is 1. The zero-order valence-corrected chi connectivity index (χ0v) is 12.6. The maximum Gasteiger partial charge on any atom is 0.139 e. The Morgan fingerprint density at radius 3 is 2.57 bits per heavy atom. The van der Waals surface area contributed by atoms with Gasteiger partial charge in [0, 0.05) is 24.9 Å². The fraction of sp³-hybridized carbons (Fsp3) is 0.250. The topological polar surface area (TPSA) is 50.7 Å². The maximum atomic E-state index is 9.84. The van der Waals surface area contributed by atoms with Gasteiger partial charge in [-0.25, -0.2) is 0 Å². The molecular formula is C16H18ClNO3. The number of hydrogen-bond acceptors (Lipinski definition) is 4. The first-order valence-electron chi connectivity index (χ1n) is 6.62. The van der Waals surface area contributed by atoms with Crippen LogP contribution in [0.4, 0.5) is 5.69 Å². The average molecular weight is 308 g/mol. The van der Waals surface area contributed by atoms with Crippen molar-refractivity contribution in [3.05, 3.63) is 53.1 Å². The van der Waals surface area contributed by atoms with E-state index in [1.165, 1.54) is 0 Å². The molecule has 0 radical (unpaired) electrons. The summed E-state index contributed by atoms with van der Waals surface area (Å²) in [6, 6.07) is 12.9. The van der Waals surface area contributed by atoms with Crippen molar-refractivity contribution in [1.82, 2.24) is 0 Å². The number of para-hydroxylation sites is 1. The van der Waals surface area contributed by atoms with Crippen LogP contribution < -0.4 is 10.1 Å². The van der Waals surface area contributed by atoms with E-state index in [9.17, 15) is 5.11 Å². The van der Waals surface area contributed by atoms with Crippen molar-refractivity contribution in [2.75, 3.05) is 25.6 Å². The van der Waals surface area contributed by atoms with Crippen LogP contribution in [0.1, 0.15) is 5.56 Å². The number of halogens is 1. The van der Waals surface area contributed by atoms with Crippen molar-refractivity contribution in [2.24, 2.45) is 0 Å². The van der Waals surface area contributed by atoms with Crippen LogP contribution in [-0.4, -0.2) is 25.4 Å². The first-order valence-corrected chi connectivity index (χ1v) is 7.00. The summed E-state index contributed by atoms with van der Waals surface area (Å²) >= 11 is 5.87. The van der Waals surface area contributed by atoms with Crippen molar-refractivity contribution >= 4 is 17.3 Å². The molecule has 0 unspecified atom stereocenters. The second-order valence-electron chi connectivity index (χ2n) is 4.47. The largest absolute Gasteiger partial charge is 0.506 e. The molecule has 4 nitrogen and oxygen atoms in total. The Balaban J connectivity index is 1.90. The average Bonchev–Trinajstić information content (AvgIpc) is 2.50. The number of phenolic OH excluding ortho intramolecular Hbond substituents is 1. The number of hydrogen-bond donors (Lipinski definition) is 2. The molecule has 2 N–H and O–H groups in total. The minimum Gasteiger partial charge on any atom is -0.506 e. The van der Waals surface area contributed by atoms with Crippen LogP contribution in [0, 0.1) is 0 Å². The highest BCUT2D eigenvalue weighted by Gasteiger charge is 2.04. The van der Waals surface area contributed by atoms with E-state index in [0.717, 1.165) is 17.0 Å². The minimum absolute atomic E-state index is 0.117. The standard InChI is InChI=1S/C16H18ClNO3/c1-20-9-10-21-14-7-5-13(6-8-14)18-11-12-3-2-4-15(17)16(12)19/h2-8,18-19H,9-11H2,1H3. The Morgan fingerprint density at radius 1 is 1.10 bits per heavy atom. The van der Waals surface area contributed by atoms with Gasteiger partial charge >= 0.3 is 0 Å². The van der Waals surface area contributed by atoms with Gasteiger partial charge in [0.2, 0.25) is 0 Å². The summed E-state index contributed by atoms with van der Waals surface area (Å²) in [6.07, 6.45) is 0. The summed E-state index contributed by atoms with van der Waals surface area (Å²) < 4.78 is 10.4. The van der Waals surface area contributed by atoms with Gasteiger partial charge in [-0.2, -0.15) is 0 Å². The zero-order valence-electron chi connectivity index (χ0n) is 11.8. The van der Waals surface area contributed by atoms with Gasteiger partial charge in [0.1, 0.15) is 18.1 Å². The molecule has 112 valence electrons. The number of methoxy groups -OCH3 is 1. The number of benzene rings is 2. The van der Waals surface area contributed by atoms with Crippen LogP contribution in [0.3, 0.4) is 0 Å². The minimum atomic E-state index is 0.117. The van der Waals surface area contributed by atoms with Crippen LogP contribution in [0.2, 0.25) is 5.02 Å². The van der Waals surface area contributed by atoms with Crippen LogP contribution in [0.15, 0.2) is 42.5 Å². The summed E-state index contributed by atoms with van der Waals surface area (Å²) in [5.41, 5.74) is 1.69. The lowest BCUT2D eigenvalue weighted by atomic mass is 10.2. The molecule has 0 aliphatic heterocycles. The number of ether oxygens (including phenoxy) is 2. The predicted molar refractivity (Wildman–Crippen MR) is 84.3 cm³/mol. The molecule has 5 heteroatoms. The fourth-order valence-corrected chi connectivity index (χ4v) is 2.01. The molecule has 2 aromatic carbocycles. The highest BCUT2D eigenvalue weighted by atomic mass is 35.5. The van der Waals surface area contributed by atoms with Crippen molar-refractivity contribution in [3.8, 4) is 11.5 Å². The molecule has 2 rings (SSSR count). The Bertz CT molecular complexity index is 572. The Kier molecular flexibility index (Phi) is 5.72. The van der Waals surface area contributed by atoms with E-state index in [0.29, 0.717) is 24.8 Å². The molecule has 0 bridgehead atoms. The zero-order chi connectivity index (χ0) is 15.1. The van der Waals surface area contributed by atoms with Gasteiger partial charge in [-0.1, -0.05) is 23.7 Å². The molecule has 0 aromatic heterocycles. The normalized spacial score (nSPS) is 10.4. The molecular weight excluding hydrogens is 290 g/mol. The Morgan fingerprint density at radius 2 is 1.86 bits per heavy atom. The quantitative estimate of drug-likeness (QED) is 0.766. The van der Waals surface area contributed by atoms with Gasteiger partial charge in [-0.15, -0.1) is 0 Å². The fourth-order valence-electron chi connectivity index (χ4n) is 1.81. The molecule has 0 saturated heterocycles. The molecule has 0 amide bonds. The Hall–Kier alpha value is -1.91. The lowest BCUT2D eigenvalue weighted by Gasteiger charge is -2.10. The second kappa shape index (κ2) is 7.76. The summed E-state index contributed by atoms with van der Waals surface area (Å²) in [5, 5.41) is 13.4. The predicted octanol–water partition coefficient (Wildman–Crippen LogP) is 3.68. The highest BCUT2D eigenvalue weighted by molar-refractivity contribution is 6.32. The van der Waals surface area contributed by atoms with Crippen molar-refractivity contribution in [3.63, 3.8) is 0 Å². The van der Waals surface area contributed by atoms with Gasteiger partial charge in [0.25, 0.3) is 0 Å². The van der Waals surface area contributed by atoms with Crippen LogP contribution in [-0.2, 0) is 11.3 Å². The van der Waals surface area contributed by atoms with E-state index in [1.54, 1.807) is 13.2 Å². The molecule has 0 aliphatic carbocycles. The summed E-state index contributed by atoms with van der Waals surface area (Å²) in [4.78, 5) is 0. The number of nitrogens with one attached hydrogen (secondary N) is 1. The van der Waals surface area contributed by atoms with Gasteiger partial charge < -0.3 is 19.9 Å². The molecule has 0 fully saturated rings. The number of aromatic hydroxyl groups is 1. The lowest BCUT2D eigenvalue weighted by molar-refractivity contribution is 0.146. The number of rotatable bonds is 7. The molecule has 0 atom stereocenters. The summed E-state index contributed by atoms with van der Waals surface area (Å²) in [7, 11) is 1.64. The first kappa shape index (κ1) is 15.5. The smallest absolute Gasteiger partial charge is 0.139 e. The number of phenols is 1. The third kappa shape index (κ3) is 4.55. The highest BCUT2D eigenvalue weighted by Crippen LogP contribution is 2.27. The van der Waals surface area contributed by atoms with E-state index in [-0.39, 0.29) is 5.75 Å². The summed E-state index contributed by atoms with van der Waals surface area (Å²) in [5.74, 6) is 0.911. The van der Waals surface area contributed by atoms with E-state index >= 15 is 0 Å². The van der Waals surface area contributed by atoms with Crippen molar-refractivity contribution < 1.29 is 14.6 Å². The van der Waals surface area contributed by atoms with E-state index < -0.39 is 0 Å². The monoisotopic (exact) mass is 307 g/mol. The SMILES string of the molecule is COCCOc1ccc(NCc2cccc(Cl)c2O)cc1. The van der Waals surface area contributed by atoms with Crippen LogP contribution in [0.5, 0.6) is 11.5 Å². The third-order valence-electron chi connectivity index (χ3n) is 2.96. The van der Waals surface area contributed by atoms with Gasteiger partial charge in [-0.3, -0.25) is 0 Å². The van der Waals surface area contributed by atoms with Crippen LogP contribution in [0.25, 0.3) is 0 Å². The molecule has 0 saturated carbocycles. The Labute approximate surface area is 129 Å². The summed E-state index contributed by atoms with van der Waals surface area (Å²) in [6.45, 7) is 1.59. The molecule has 0 heterocycles. The van der Waals surface area contributed by atoms with Gasteiger partial charge in [0.15, 0.2) is 0 Å². The van der Waals surface area contributed by atoms with E-state index in [1.807, 2.05) is 36.4 Å². The van der Waals surface area contributed by atoms with Crippen LogP contribution >= 0.6 is 11.6 Å². The van der Waals surface area contributed by atoms with Gasteiger partial charge in [-0.05, 0) is 30.3 Å². The first-order chi connectivity index (χ1) is 10.2. The molecule has 21 heavy (non-hydrogen) atoms. The molecule has 0 spiro atoms. The lowest BCUT2D eigenvalue weighted by Crippen LogP contribution is -2.04. The molecule has 0 aliphatic rings. The molecule has 2 aromatic rings. The van der Waals surface area contributed by atoms with E-state index in [4.69, 9.17) is 21.1 Å². The second-order valence-corrected chi connectivity index (χ2v) is 4.87. The maximum absolute atomic E-state index is 9.84. The van der Waals surface area contributed by atoms with Gasteiger partial charge in [0.05, 0.1) is 11.6 Å².